The summed E-state index contributed by atoms with van der Waals surface area (Å²) < 4.78 is 86.9. The summed E-state index contributed by atoms with van der Waals surface area (Å²) in [5.41, 5.74) is -1.20. The Labute approximate surface area is 192 Å². The zero-order chi connectivity index (χ0) is 25.1. The number of nitrogens with one attached hydrogen (secondary N) is 1. The summed E-state index contributed by atoms with van der Waals surface area (Å²) in [6.07, 6.45) is -1.15. The number of thiol groups is 1. The molecule has 1 aromatic heterocycles. The van der Waals surface area contributed by atoms with Crippen LogP contribution in [0.1, 0.15) is 11.1 Å². The van der Waals surface area contributed by atoms with E-state index in [1.165, 1.54) is 31.7 Å². The number of rotatable bonds is 6. The number of ether oxygens (including phenoxy) is 1. The van der Waals surface area contributed by atoms with Crippen molar-refractivity contribution in [3.8, 4) is 23.2 Å². The van der Waals surface area contributed by atoms with Crippen molar-refractivity contribution < 1.29 is 31.2 Å². The highest BCUT2D eigenvalue weighted by Crippen LogP contribution is 2.34. The third kappa shape index (κ3) is 6.03. The maximum absolute atomic E-state index is 14.4. The predicted molar refractivity (Wildman–Crippen MR) is 118 cm³/mol. The molecule has 0 bridgehead atoms. The predicted octanol–water partition coefficient (Wildman–Crippen LogP) is 5.35. The molecule has 13 heteroatoms. The Morgan fingerprint density at radius 1 is 1.21 bits per heavy atom. The summed E-state index contributed by atoms with van der Waals surface area (Å²) in [4.78, 5) is 7.78. The van der Waals surface area contributed by atoms with Gasteiger partial charge in [-0.15, -0.1) is 4.36 Å². The van der Waals surface area contributed by atoms with Crippen molar-refractivity contribution in [3.63, 3.8) is 0 Å². The number of halogens is 5. The maximum atomic E-state index is 14.4. The van der Waals surface area contributed by atoms with Crippen molar-refractivity contribution in [1.82, 2.24) is 9.97 Å². The second-order valence-corrected chi connectivity index (χ2v) is 9.92. The monoisotopic (exact) mass is 499 g/mol. The molecule has 2 aromatic carbocycles. The molecule has 0 unspecified atom stereocenters. The molecule has 0 radical (unpaired) electrons. The normalized spacial score (nSPS) is 12.1. The van der Waals surface area contributed by atoms with E-state index in [-0.39, 0.29) is 40.0 Å². The highest BCUT2D eigenvalue weighted by Gasteiger charge is 2.31. The van der Waals surface area contributed by atoms with Crippen LogP contribution in [0.2, 0.25) is 0 Å². The van der Waals surface area contributed by atoms with Crippen LogP contribution in [-0.4, -0.2) is 27.9 Å². The summed E-state index contributed by atoms with van der Waals surface area (Å²) >= 11 is 0. The molecule has 0 aliphatic rings. The zero-order valence-electron chi connectivity index (χ0n) is 17.7. The number of hydrogen-bond acceptors (Lipinski definition) is 6. The van der Waals surface area contributed by atoms with Crippen LogP contribution in [-0.2, 0) is 22.0 Å². The Bertz CT molecular complexity index is 1320. The summed E-state index contributed by atoms with van der Waals surface area (Å²) in [6, 6.07) is 6.30. The molecule has 7 nitrogen and oxygen atoms in total. The lowest BCUT2D eigenvalue weighted by Gasteiger charge is -2.18. The molecule has 0 aliphatic carbocycles. The smallest absolute Gasteiger partial charge is 0.416 e. The molecule has 3 rings (SSSR count). The van der Waals surface area contributed by atoms with Gasteiger partial charge in [0.1, 0.15) is 17.3 Å². The van der Waals surface area contributed by atoms with E-state index in [9.17, 15) is 26.5 Å². The van der Waals surface area contributed by atoms with Crippen LogP contribution < -0.4 is 10.1 Å². The average molecular weight is 499 g/mol. The van der Waals surface area contributed by atoms with Crippen LogP contribution >= 0.6 is 0 Å². The van der Waals surface area contributed by atoms with E-state index in [0.29, 0.717) is 0 Å². The third-order valence-corrected chi connectivity index (χ3v) is 5.97. The lowest BCUT2D eigenvalue weighted by molar-refractivity contribution is -0.137. The van der Waals surface area contributed by atoms with Crippen molar-refractivity contribution in [2.24, 2.45) is 4.36 Å². The number of methoxy groups -OCH3 is 1. The molecule has 0 atom stereocenters. The first-order valence-electron chi connectivity index (χ1n) is 9.46. The van der Waals surface area contributed by atoms with Gasteiger partial charge in [-0.2, -0.15) is 18.4 Å². The van der Waals surface area contributed by atoms with Crippen molar-refractivity contribution in [2.45, 2.75) is 11.9 Å². The fraction of sp³-hybridized carbons (Fsp3) is 0.190. The molecule has 2 N–H and O–H groups in total. The van der Waals surface area contributed by atoms with Gasteiger partial charge >= 0.3 is 6.18 Å². The minimum Gasteiger partial charge on any atom is -0.496 e. The first-order valence-corrected chi connectivity index (χ1v) is 11.8. The van der Waals surface area contributed by atoms with Gasteiger partial charge in [-0.05, 0) is 42.2 Å². The van der Waals surface area contributed by atoms with Gasteiger partial charge in [-0.3, -0.25) is 0 Å². The summed E-state index contributed by atoms with van der Waals surface area (Å²) in [5, 5.41) is 11.3. The lowest BCUT2D eigenvalue weighted by Crippen LogP contribution is -2.13. The SMILES string of the molecule is COc1cc(F)ccc1-c1nc(Nc2cc(C[SH](C)(O)=NC#N)cc(C(F)(F)F)c2)ncc1F. The number of anilines is 2. The number of aromatic nitrogens is 2. The topological polar surface area (TPSA) is 103 Å². The van der Waals surface area contributed by atoms with Gasteiger partial charge in [0, 0.05) is 23.1 Å². The van der Waals surface area contributed by atoms with Crippen molar-refractivity contribution in [2.75, 3.05) is 18.7 Å². The van der Waals surface area contributed by atoms with Crippen LogP contribution in [0.15, 0.2) is 47.0 Å². The van der Waals surface area contributed by atoms with Crippen molar-refractivity contribution in [1.29, 1.82) is 5.26 Å². The molecular weight excluding hydrogens is 481 g/mol. The van der Waals surface area contributed by atoms with Gasteiger partial charge < -0.3 is 14.6 Å². The molecule has 0 saturated carbocycles. The maximum Gasteiger partial charge on any atom is 0.416 e. The van der Waals surface area contributed by atoms with Crippen LogP contribution in [0.5, 0.6) is 5.75 Å². The molecule has 180 valence electrons. The van der Waals surface area contributed by atoms with E-state index >= 15 is 0 Å². The lowest BCUT2D eigenvalue weighted by atomic mass is 10.1. The Kier molecular flexibility index (Phi) is 7.13. The second-order valence-electron chi connectivity index (χ2n) is 7.22. The Balaban J connectivity index is 2.04. The van der Waals surface area contributed by atoms with Gasteiger partial charge in [0.2, 0.25) is 12.1 Å². The van der Waals surface area contributed by atoms with E-state index in [1.54, 1.807) is 0 Å². The molecule has 0 aliphatic heterocycles. The minimum absolute atomic E-state index is 0.00246. The average Bonchev–Trinajstić information content (AvgIpc) is 2.74. The molecule has 0 saturated heterocycles. The molecule has 34 heavy (non-hydrogen) atoms. The standard InChI is InChI=1S/C21H18F5N5O2S/c1-33-18-8-14(22)3-4-16(18)19-17(23)9-28-20(31-19)30-15-6-12(10-34(2,32)29-11-27)5-13(7-15)21(24,25)26/h3-9,34H,10H2,1-2H3,(H,29,32)(H,28,30,31). The number of nitrogens with zero attached hydrogens (tertiary/aromatic N) is 4. The number of benzene rings is 2. The Hall–Kier alpha value is -3.63. The molecule has 3 aromatic rings. The third-order valence-electron chi connectivity index (χ3n) is 4.48. The molecule has 0 spiro atoms. The van der Waals surface area contributed by atoms with E-state index in [0.717, 1.165) is 30.5 Å². The summed E-state index contributed by atoms with van der Waals surface area (Å²) in [6.45, 7) is 0. The summed E-state index contributed by atoms with van der Waals surface area (Å²) in [5.74, 6) is -2.00. The van der Waals surface area contributed by atoms with Crippen LogP contribution in [0, 0.1) is 23.1 Å². The highest BCUT2D eigenvalue weighted by atomic mass is 32.3. The molecular formula is C21H18F5N5O2S. The largest absolute Gasteiger partial charge is 0.496 e. The Morgan fingerprint density at radius 3 is 2.59 bits per heavy atom. The fourth-order valence-electron chi connectivity index (χ4n) is 3.10. The van der Waals surface area contributed by atoms with Crippen molar-refractivity contribution >= 4 is 21.7 Å². The molecule has 0 fully saturated rings. The van der Waals surface area contributed by atoms with E-state index in [2.05, 4.69) is 19.6 Å². The Morgan fingerprint density at radius 2 is 1.94 bits per heavy atom. The number of hydrogen-bond donors (Lipinski definition) is 3. The fourth-order valence-corrected chi connectivity index (χ4v) is 4.24. The van der Waals surface area contributed by atoms with Crippen LogP contribution in [0.25, 0.3) is 11.3 Å². The van der Waals surface area contributed by atoms with Gasteiger partial charge in [0.15, 0.2) is 5.82 Å². The van der Waals surface area contributed by atoms with Gasteiger partial charge in [-0.1, -0.05) is 10.1 Å². The van der Waals surface area contributed by atoms with E-state index < -0.39 is 33.5 Å². The molecule has 0 amide bonds. The first-order chi connectivity index (χ1) is 15.9. The van der Waals surface area contributed by atoms with Crippen molar-refractivity contribution in [3.05, 3.63) is 65.4 Å². The van der Waals surface area contributed by atoms with Crippen LogP contribution in [0.4, 0.5) is 33.6 Å². The summed E-state index contributed by atoms with van der Waals surface area (Å²) in [7, 11) is -1.90. The number of alkyl halides is 3. The number of nitriles is 1. The van der Waals surface area contributed by atoms with Gasteiger partial charge in [-0.25, -0.2) is 18.7 Å². The zero-order valence-corrected chi connectivity index (χ0v) is 18.6. The second kappa shape index (κ2) is 9.70. The van der Waals surface area contributed by atoms with Crippen LogP contribution in [0.3, 0.4) is 0 Å². The first kappa shape index (κ1) is 25.0. The van der Waals surface area contributed by atoms with E-state index in [4.69, 9.17) is 10.00 Å². The minimum atomic E-state index is -4.71. The van der Waals surface area contributed by atoms with Gasteiger partial charge in [0.05, 0.1) is 18.9 Å². The quantitative estimate of drug-likeness (QED) is 0.240. The van der Waals surface area contributed by atoms with Gasteiger partial charge in [0.25, 0.3) is 0 Å². The van der Waals surface area contributed by atoms with E-state index in [1.807, 2.05) is 0 Å². The molecule has 1 heterocycles. The highest BCUT2D eigenvalue weighted by molar-refractivity contribution is 7.98.